The second kappa shape index (κ2) is 73.1. The number of hydrogen-bond donors (Lipinski definition) is 6. The second-order valence-electron chi connectivity index (χ2n) is 27.1. The number of unbranched alkanes of at least 4 members (excludes halogenated alkanes) is 39. The molecule has 9 nitrogen and oxygen atoms in total. The van der Waals surface area contributed by atoms with E-state index < -0.39 is 49.5 Å². The maximum atomic E-state index is 13.2. The lowest BCUT2D eigenvalue weighted by atomic mass is 9.99. The molecule has 1 saturated heterocycles. The summed E-state index contributed by atoms with van der Waals surface area (Å²) in [6, 6.07) is -0.833. The molecule has 0 aliphatic carbocycles. The van der Waals surface area contributed by atoms with Crippen molar-refractivity contribution in [2.45, 2.75) is 391 Å². The molecule has 0 bridgehead atoms. The maximum absolute atomic E-state index is 13.2. The molecule has 7 atom stereocenters. The van der Waals surface area contributed by atoms with Crippen LogP contribution in [0.4, 0.5) is 0 Å². The Morgan fingerprint density at radius 3 is 1.01 bits per heavy atom. The number of aliphatic hydroxyl groups is 5. The Morgan fingerprint density at radius 1 is 0.368 bits per heavy atom. The Labute approximate surface area is 585 Å². The van der Waals surface area contributed by atoms with Crippen LogP contribution >= 0.6 is 0 Å². The first-order valence-electron chi connectivity index (χ1n) is 39.9. The lowest BCUT2D eigenvalue weighted by Crippen LogP contribution is -2.60. The van der Waals surface area contributed by atoms with Crippen LogP contribution in [0, 0.1) is 0 Å². The zero-order valence-electron chi connectivity index (χ0n) is 61.4. The van der Waals surface area contributed by atoms with Gasteiger partial charge in [-0.05, 0) is 103 Å². The molecule has 95 heavy (non-hydrogen) atoms. The third kappa shape index (κ3) is 61.2. The Balaban J connectivity index is 2.12. The molecule has 0 aromatic rings. The number of ether oxygens (including phenoxy) is 2. The highest BCUT2D eigenvalue weighted by atomic mass is 16.7. The van der Waals surface area contributed by atoms with Crippen molar-refractivity contribution in [3.8, 4) is 0 Å². The van der Waals surface area contributed by atoms with Gasteiger partial charge < -0.3 is 40.3 Å². The number of carbonyl (C=O) groups excluding carboxylic acids is 1. The quantitative estimate of drug-likeness (QED) is 0.0261. The molecule has 0 saturated carbocycles. The van der Waals surface area contributed by atoms with Crippen molar-refractivity contribution >= 4 is 5.91 Å². The minimum atomic E-state index is -1.58. The molecule has 0 radical (unpaired) electrons. The van der Waals surface area contributed by atoms with Gasteiger partial charge in [0.05, 0.1) is 25.4 Å². The first-order chi connectivity index (χ1) is 46.8. The summed E-state index contributed by atoms with van der Waals surface area (Å²) in [6.45, 7) is 3.68. The predicted octanol–water partition coefficient (Wildman–Crippen LogP) is 23.1. The average Bonchev–Trinajstić information content (AvgIpc) is 0.836. The van der Waals surface area contributed by atoms with Gasteiger partial charge in [-0.2, -0.15) is 0 Å². The maximum Gasteiger partial charge on any atom is 0.220 e. The number of carbonyl (C=O) groups is 1. The zero-order chi connectivity index (χ0) is 68.5. The molecule has 6 N–H and O–H groups in total. The summed E-state index contributed by atoms with van der Waals surface area (Å²) in [5, 5.41) is 54.9. The summed E-state index contributed by atoms with van der Waals surface area (Å²) in [6.07, 6.45) is 104. The van der Waals surface area contributed by atoms with Crippen molar-refractivity contribution in [2.75, 3.05) is 13.2 Å². The van der Waals surface area contributed by atoms with E-state index in [9.17, 15) is 30.3 Å². The number of amides is 1. The van der Waals surface area contributed by atoms with Crippen LogP contribution in [0.2, 0.25) is 0 Å². The summed E-state index contributed by atoms with van der Waals surface area (Å²) in [5.41, 5.74) is 0. The Hall–Kier alpha value is -3.67. The van der Waals surface area contributed by atoms with Gasteiger partial charge in [0.25, 0.3) is 0 Å². The molecule has 0 spiro atoms. The SMILES string of the molecule is CC/C=C\C/C=C\C/C=C\C/C=C\C/C=C\C/C=C\C/C=C\C/C=C\C/C=C\CCCCCCCCCCCCCCCC(=O)NC(COC1OC(CO)C(O)C(O)C1O)C(O)/C=C/CC/C=C/CCCCCCCCCCCCCCCCCCCCCCCCCCC. The number of allylic oxidation sites excluding steroid dienone is 21. The number of aliphatic hydroxyl groups excluding tert-OH is 5. The van der Waals surface area contributed by atoms with E-state index in [-0.39, 0.29) is 12.5 Å². The fourth-order valence-electron chi connectivity index (χ4n) is 12.1. The molecule has 1 heterocycles. The summed E-state index contributed by atoms with van der Waals surface area (Å²) >= 11 is 0. The predicted molar refractivity (Wildman–Crippen MR) is 410 cm³/mol. The molecular formula is C86H149NO8. The van der Waals surface area contributed by atoms with Gasteiger partial charge in [0.15, 0.2) is 6.29 Å². The minimum Gasteiger partial charge on any atom is -0.394 e. The largest absolute Gasteiger partial charge is 0.394 e. The summed E-state index contributed by atoms with van der Waals surface area (Å²) < 4.78 is 11.3. The smallest absolute Gasteiger partial charge is 0.220 e. The minimum absolute atomic E-state index is 0.189. The van der Waals surface area contributed by atoms with Gasteiger partial charge in [0, 0.05) is 6.42 Å². The van der Waals surface area contributed by atoms with Crippen LogP contribution in [0.5, 0.6) is 0 Å². The average molecular weight is 1330 g/mol. The molecule has 546 valence electrons. The summed E-state index contributed by atoms with van der Waals surface area (Å²) in [7, 11) is 0. The first kappa shape index (κ1) is 89.3. The normalized spacial score (nSPS) is 18.2. The van der Waals surface area contributed by atoms with E-state index in [4.69, 9.17) is 9.47 Å². The van der Waals surface area contributed by atoms with Gasteiger partial charge in [0.1, 0.15) is 24.4 Å². The van der Waals surface area contributed by atoms with Crippen LogP contribution in [0.3, 0.4) is 0 Å². The zero-order valence-corrected chi connectivity index (χ0v) is 61.4. The molecule has 1 aliphatic heterocycles. The summed E-state index contributed by atoms with van der Waals surface area (Å²) in [4.78, 5) is 13.2. The molecule has 1 fully saturated rings. The van der Waals surface area contributed by atoms with E-state index in [2.05, 4.69) is 141 Å². The fourth-order valence-corrected chi connectivity index (χ4v) is 12.1. The third-order valence-electron chi connectivity index (χ3n) is 18.2. The van der Waals surface area contributed by atoms with Crippen molar-refractivity contribution in [2.24, 2.45) is 0 Å². The standard InChI is InChI=1S/C86H149NO8/c1-3-5-7-9-11-13-15-17-19-21-23-25-27-29-31-33-35-36-37-38-39-40-41-42-43-44-46-48-50-52-54-56-58-60-62-64-66-68-70-72-74-76-82(90)87-79(78-94-86-85(93)84(92)83(91)81(77-88)95-86)80(89)75-73-71-69-67-65-63-61-59-57-55-53-51-49-47-45-34-32-30-28-26-24-22-20-18-16-14-12-10-8-6-4-2/h5,7,11,13,17,19,23,25,29,31,35-36,38-39,41-42,44,46,65,67,73,75,79-81,83-86,88-89,91-93H,3-4,6,8-10,12,14-16,18,20-22,24,26-28,30,32-34,37,40,43,45,47-64,66,68-72,74,76-78H2,1-2H3,(H,87,90)/b7-5-,13-11-,19-17-,25-23-,31-29-,36-35-,39-38-,42-41-,46-44-,67-65+,75-73+. The molecule has 0 aromatic carbocycles. The molecule has 9 heteroatoms. The number of nitrogens with one attached hydrogen (secondary N) is 1. The van der Waals surface area contributed by atoms with E-state index in [1.165, 1.54) is 231 Å². The molecule has 7 unspecified atom stereocenters. The Kier molecular flexibility index (Phi) is 68.7. The Morgan fingerprint density at radius 2 is 0.663 bits per heavy atom. The summed E-state index contributed by atoms with van der Waals surface area (Å²) in [5.74, 6) is -0.189. The van der Waals surface area contributed by atoms with Crippen LogP contribution in [0.1, 0.15) is 348 Å². The Bertz CT molecular complexity index is 1980. The molecule has 1 amide bonds. The van der Waals surface area contributed by atoms with Crippen LogP contribution in [0.25, 0.3) is 0 Å². The van der Waals surface area contributed by atoms with Crippen LogP contribution in [0.15, 0.2) is 134 Å². The first-order valence-corrected chi connectivity index (χ1v) is 39.9. The second-order valence-corrected chi connectivity index (χ2v) is 27.1. The highest BCUT2D eigenvalue weighted by Gasteiger charge is 2.44. The van der Waals surface area contributed by atoms with Crippen molar-refractivity contribution < 1.29 is 39.8 Å². The van der Waals surface area contributed by atoms with Crippen LogP contribution < -0.4 is 5.32 Å². The van der Waals surface area contributed by atoms with E-state index >= 15 is 0 Å². The monoisotopic (exact) mass is 1320 g/mol. The number of rotatable bonds is 69. The molecule has 1 rings (SSSR count). The topological polar surface area (TPSA) is 149 Å². The third-order valence-corrected chi connectivity index (χ3v) is 18.2. The van der Waals surface area contributed by atoms with Crippen molar-refractivity contribution in [3.63, 3.8) is 0 Å². The van der Waals surface area contributed by atoms with E-state index in [1.807, 2.05) is 6.08 Å². The van der Waals surface area contributed by atoms with E-state index in [1.54, 1.807) is 6.08 Å². The lowest BCUT2D eigenvalue weighted by Gasteiger charge is -2.40. The van der Waals surface area contributed by atoms with Gasteiger partial charge in [-0.15, -0.1) is 0 Å². The molecular weight excluding hydrogens is 1170 g/mol. The van der Waals surface area contributed by atoms with Gasteiger partial charge in [-0.3, -0.25) is 4.79 Å². The highest BCUT2D eigenvalue weighted by molar-refractivity contribution is 5.76. The molecule has 1 aliphatic rings. The number of hydrogen-bond acceptors (Lipinski definition) is 8. The van der Waals surface area contributed by atoms with Crippen molar-refractivity contribution in [1.29, 1.82) is 0 Å². The molecule has 0 aromatic heterocycles. The fraction of sp³-hybridized carbons (Fsp3) is 0.733. The highest BCUT2D eigenvalue weighted by Crippen LogP contribution is 2.23. The van der Waals surface area contributed by atoms with Crippen LogP contribution in [-0.4, -0.2) is 87.5 Å². The van der Waals surface area contributed by atoms with Crippen molar-refractivity contribution in [3.05, 3.63) is 134 Å². The van der Waals surface area contributed by atoms with Gasteiger partial charge in [0.2, 0.25) is 5.91 Å². The van der Waals surface area contributed by atoms with E-state index in [0.29, 0.717) is 6.42 Å². The van der Waals surface area contributed by atoms with Gasteiger partial charge >= 0.3 is 0 Å². The van der Waals surface area contributed by atoms with Crippen LogP contribution in [-0.2, 0) is 14.3 Å². The van der Waals surface area contributed by atoms with Gasteiger partial charge in [-0.1, -0.05) is 372 Å². The van der Waals surface area contributed by atoms with Crippen molar-refractivity contribution in [1.82, 2.24) is 5.32 Å². The van der Waals surface area contributed by atoms with E-state index in [0.717, 1.165) is 96.3 Å². The van der Waals surface area contributed by atoms with Gasteiger partial charge in [-0.25, -0.2) is 0 Å². The lowest BCUT2D eigenvalue weighted by molar-refractivity contribution is -0.302.